The van der Waals surface area contributed by atoms with E-state index in [-0.39, 0.29) is 24.4 Å². The summed E-state index contributed by atoms with van der Waals surface area (Å²) >= 11 is 0. The largest absolute Gasteiger partial charge is 0.478 e. The van der Waals surface area contributed by atoms with Crippen LogP contribution in [0.15, 0.2) is 42.5 Å². The Labute approximate surface area is 135 Å². The first-order valence-electron chi connectivity index (χ1n) is 7.08. The second-order valence-electron chi connectivity index (χ2n) is 4.47. The molecule has 126 valence electrons. The van der Waals surface area contributed by atoms with Crippen LogP contribution in [-0.2, 0) is 19.1 Å². The third kappa shape index (κ3) is 10.8. The van der Waals surface area contributed by atoms with Crippen LogP contribution in [-0.4, -0.2) is 42.6 Å². The van der Waals surface area contributed by atoms with Gasteiger partial charge in [0.1, 0.15) is 13.0 Å². The molecule has 0 aliphatic carbocycles. The monoisotopic (exact) mass is 322 g/mol. The van der Waals surface area contributed by atoms with Gasteiger partial charge in [-0.25, -0.2) is 4.79 Å². The third-order valence-corrected chi connectivity index (χ3v) is 2.46. The van der Waals surface area contributed by atoms with Crippen LogP contribution in [0.25, 0.3) is 0 Å². The van der Waals surface area contributed by atoms with Crippen LogP contribution in [0.1, 0.15) is 30.6 Å². The molecule has 0 atom stereocenters. The van der Waals surface area contributed by atoms with Crippen molar-refractivity contribution in [1.29, 1.82) is 0 Å². The molecule has 0 aromatic heterocycles. The van der Waals surface area contributed by atoms with Crippen LogP contribution < -0.4 is 0 Å². The van der Waals surface area contributed by atoms with E-state index in [2.05, 4.69) is 6.58 Å². The lowest BCUT2D eigenvalue weighted by molar-refractivity contribution is -0.144. The molecule has 0 amide bonds. The number of hydrogen-bond acceptors (Lipinski definition) is 5. The van der Waals surface area contributed by atoms with Crippen LogP contribution in [0, 0.1) is 0 Å². The van der Waals surface area contributed by atoms with Crippen molar-refractivity contribution in [2.75, 3.05) is 19.8 Å². The maximum Gasteiger partial charge on any atom is 0.330 e. The number of ketones is 1. The standard InChI is InChI=1S/C13H16O4.C4H6O2/c1-2-16-8-9-17-13(15)10-12(14)11-6-4-3-5-7-11;1-3(2)4(5)6/h3-7H,2,8-10H2,1H3;1H2,2H3,(H,5,6). The topological polar surface area (TPSA) is 89.9 Å². The molecule has 0 radical (unpaired) electrons. The van der Waals surface area contributed by atoms with Crippen molar-refractivity contribution < 1.29 is 29.0 Å². The molecular formula is C17H22O6. The Hall–Kier alpha value is -2.47. The number of esters is 1. The molecule has 0 saturated heterocycles. The minimum atomic E-state index is -0.935. The van der Waals surface area contributed by atoms with Crippen molar-refractivity contribution >= 4 is 17.7 Å². The molecule has 0 heterocycles. The lowest BCUT2D eigenvalue weighted by Gasteiger charge is -2.04. The SMILES string of the molecule is C=C(C)C(=O)O.CCOCCOC(=O)CC(=O)c1ccccc1. The first-order chi connectivity index (χ1) is 10.9. The van der Waals surface area contributed by atoms with E-state index in [1.807, 2.05) is 13.0 Å². The number of carboxylic acid groups (broad SMARTS) is 1. The second kappa shape index (κ2) is 12.1. The Bertz CT molecular complexity index is 509. The molecule has 23 heavy (non-hydrogen) atoms. The second-order valence-corrected chi connectivity index (χ2v) is 4.47. The Kier molecular flexibility index (Phi) is 10.8. The van der Waals surface area contributed by atoms with Crippen LogP contribution >= 0.6 is 0 Å². The van der Waals surface area contributed by atoms with Crippen LogP contribution in [0.5, 0.6) is 0 Å². The lowest BCUT2D eigenvalue weighted by atomic mass is 10.1. The highest BCUT2D eigenvalue weighted by Crippen LogP contribution is 2.03. The number of Topliss-reactive ketones (excluding diaryl/α,β-unsaturated/α-hetero) is 1. The number of carboxylic acids is 1. The number of carbonyl (C=O) groups is 3. The molecule has 0 bridgehead atoms. The van der Waals surface area contributed by atoms with E-state index in [4.69, 9.17) is 14.6 Å². The molecule has 1 N–H and O–H groups in total. The molecule has 0 fully saturated rings. The summed E-state index contributed by atoms with van der Waals surface area (Å²) in [5.41, 5.74) is 0.698. The Morgan fingerprint density at radius 3 is 2.17 bits per heavy atom. The van der Waals surface area contributed by atoms with E-state index < -0.39 is 11.9 Å². The van der Waals surface area contributed by atoms with E-state index in [1.54, 1.807) is 24.3 Å². The highest BCUT2D eigenvalue weighted by molar-refractivity contribution is 6.05. The zero-order chi connectivity index (χ0) is 17.7. The minimum absolute atomic E-state index is 0.176. The molecule has 1 aromatic rings. The fraction of sp³-hybridized carbons (Fsp3) is 0.353. The smallest absolute Gasteiger partial charge is 0.330 e. The van der Waals surface area contributed by atoms with Gasteiger partial charge in [0.05, 0.1) is 6.61 Å². The van der Waals surface area contributed by atoms with Crippen molar-refractivity contribution in [1.82, 2.24) is 0 Å². The summed E-state index contributed by atoms with van der Waals surface area (Å²) in [6, 6.07) is 8.68. The van der Waals surface area contributed by atoms with Crippen molar-refractivity contribution in [2.24, 2.45) is 0 Å². The van der Waals surface area contributed by atoms with Gasteiger partial charge in [-0.3, -0.25) is 9.59 Å². The number of aliphatic carboxylic acids is 1. The van der Waals surface area contributed by atoms with Gasteiger partial charge in [-0.15, -0.1) is 0 Å². The van der Waals surface area contributed by atoms with E-state index in [0.29, 0.717) is 18.8 Å². The van der Waals surface area contributed by atoms with Crippen molar-refractivity contribution in [3.8, 4) is 0 Å². The van der Waals surface area contributed by atoms with Gasteiger partial charge in [0.25, 0.3) is 0 Å². The van der Waals surface area contributed by atoms with Gasteiger partial charge >= 0.3 is 11.9 Å². The number of rotatable bonds is 8. The molecule has 0 saturated carbocycles. The molecule has 6 heteroatoms. The summed E-state index contributed by atoms with van der Waals surface area (Å²) < 4.78 is 9.86. The summed E-state index contributed by atoms with van der Waals surface area (Å²) in [4.78, 5) is 32.5. The average molecular weight is 322 g/mol. The summed E-state index contributed by atoms with van der Waals surface area (Å²) in [6.07, 6.45) is -0.226. The Balaban J connectivity index is 0.000000688. The molecule has 6 nitrogen and oxygen atoms in total. The van der Waals surface area contributed by atoms with E-state index in [1.165, 1.54) is 6.92 Å². The van der Waals surface area contributed by atoms with E-state index >= 15 is 0 Å². The van der Waals surface area contributed by atoms with Crippen molar-refractivity contribution in [2.45, 2.75) is 20.3 Å². The number of ether oxygens (including phenoxy) is 2. The first-order valence-corrected chi connectivity index (χ1v) is 7.08. The van der Waals surface area contributed by atoms with Gasteiger partial charge < -0.3 is 14.6 Å². The maximum absolute atomic E-state index is 11.6. The van der Waals surface area contributed by atoms with Gasteiger partial charge in [-0.1, -0.05) is 36.9 Å². The maximum atomic E-state index is 11.6. The highest BCUT2D eigenvalue weighted by atomic mass is 16.6. The number of carbonyl (C=O) groups excluding carboxylic acids is 2. The van der Waals surface area contributed by atoms with Gasteiger partial charge in [0.2, 0.25) is 0 Å². The predicted molar refractivity (Wildman–Crippen MR) is 85.3 cm³/mol. The Morgan fingerprint density at radius 2 is 1.70 bits per heavy atom. The van der Waals surface area contributed by atoms with Crippen molar-refractivity contribution in [3.63, 3.8) is 0 Å². The normalized spacial score (nSPS) is 9.30. The summed E-state index contributed by atoms with van der Waals surface area (Å²) in [6.45, 7) is 7.60. The summed E-state index contributed by atoms with van der Waals surface area (Å²) in [5.74, 6) is -1.68. The van der Waals surface area contributed by atoms with E-state index in [0.717, 1.165) is 0 Å². The molecule has 0 aliphatic rings. The molecule has 0 spiro atoms. The lowest BCUT2D eigenvalue weighted by Crippen LogP contribution is -2.14. The van der Waals surface area contributed by atoms with Gasteiger partial charge in [0.15, 0.2) is 5.78 Å². The van der Waals surface area contributed by atoms with Crippen LogP contribution in [0.4, 0.5) is 0 Å². The van der Waals surface area contributed by atoms with Crippen LogP contribution in [0.3, 0.4) is 0 Å². The quantitative estimate of drug-likeness (QED) is 0.260. The zero-order valence-electron chi connectivity index (χ0n) is 13.4. The third-order valence-electron chi connectivity index (χ3n) is 2.46. The van der Waals surface area contributed by atoms with Gasteiger partial charge in [-0.2, -0.15) is 0 Å². The predicted octanol–water partition coefficient (Wildman–Crippen LogP) is 2.49. The molecule has 1 aromatic carbocycles. The average Bonchev–Trinajstić information content (AvgIpc) is 2.53. The summed E-state index contributed by atoms with van der Waals surface area (Å²) in [7, 11) is 0. The molecule has 1 rings (SSSR count). The Morgan fingerprint density at radius 1 is 1.13 bits per heavy atom. The number of hydrogen-bond donors (Lipinski definition) is 1. The van der Waals surface area contributed by atoms with Gasteiger partial charge in [-0.05, 0) is 13.8 Å². The van der Waals surface area contributed by atoms with E-state index in [9.17, 15) is 14.4 Å². The molecule has 0 unspecified atom stereocenters. The molecular weight excluding hydrogens is 300 g/mol. The fourth-order valence-electron chi connectivity index (χ4n) is 1.27. The fourth-order valence-corrected chi connectivity index (χ4v) is 1.27. The van der Waals surface area contributed by atoms with Crippen LogP contribution in [0.2, 0.25) is 0 Å². The van der Waals surface area contributed by atoms with Gasteiger partial charge in [0, 0.05) is 17.7 Å². The highest BCUT2D eigenvalue weighted by Gasteiger charge is 2.12. The number of benzene rings is 1. The van der Waals surface area contributed by atoms with Crippen molar-refractivity contribution in [3.05, 3.63) is 48.0 Å². The zero-order valence-corrected chi connectivity index (χ0v) is 13.4. The minimum Gasteiger partial charge on any atom is -0.478 e. The first kappa shape index (κ1) is 20.5. The molecule has 0 aliphatic heterocycles. The summed E-state index contributed by atoms with van der Waals surface area (Å²) in [5, 5.41) is 7.89.